The lowest BCUT2D eigenvalue weighted by molar-refractivity contribution is -0.119. The molecule has 0 saturated carbocycles. The van der Waals surface area contributed by atoms with Crippen molar-refractivity contribution in [3.05, 3.63) is 0 Å². The first-order valence-electron chi connectivity index (χ1n) is 6.74. The molecule has 3 N–H and O–H groups in total. The van der Waals surface area contributed by atoms with Gasteiger partial charge in [-0.1, -0.05) is 0 Å². The molecule has 6 heteroatoms. The molecule has 0 aliphatic carbocycles. The van der Waals surface area contributed by atoms with Gasteiger partial charge in [-0.15, -0.1) is 0 Å². The minimum atomic E-state index is -0.478. The maximum atomic E-state index is 11.5. The normalized spacial score (nSPS) is 20.9. The molecule has 1 saturated heterocycles. The van der Waals surface area contributed by atoms with Crippen LogP contribution < -0.4 is 11.1 Å². The maximum Gasteiger partial charge on any atom is 0.407 e. The van der Waals surface area contributed by atoms with Crippen LogP contribution in [0.25, 0.3) is 0 Å². The minimum absolute atomic E-state index is 0.295. The van der Waals surface area contributed by atoms with E-state index in [-0.39, 0.29) is 12.0 Å². The molecule has 1 fully saturated rings. The van der Waals surface area contributed by atoms with Crippen LogP contribution in [0.15, 0.2) is 0 Å². The van der Waals surface area contributed by atoms with Crippen molar-refractivity contribution in [3.8, 4) is 0 Å². The van der Waals surface area contributed by atoms with Gasteiger partial charge in [-0.2, -0.15) is 0 Å². The number of nitrogens with one attached hydrogen (secondary N) is 1. The molecule has 0 spiro atoms. The lowest BCUT2D eigenvalue weighted by Gasteiger charge is -2.32. The van der Waals surface area contributed by atoms with Gasteiger partial charge >= 0.3 is 6.09 Å². The molecule has 110 valence electrons. The Balaban J connectivity index is 2.29. The fraction of sp³-hybridized carbons (Fsp3) is 0.846. The second-order valence-electron chi connectivity index (χ2n) is 6.09. The van der Waals surface area contributed by atoms with E-state index in [2.05, 4.69) is 5.32 Å². The number of ether oxygens (including phenoxy) is 1. The van der Waals surface area contributed by atoms with Crippen LogP contribution in [-0.2, 0) is 9.53 Å². The number of amides is 2. The lowest BCUT2D eigenvalue weighted by atomic mass is 9.98. The molecule has 19 heavy (non-hydrogen) atoms. The first-order chi connectivity index (χ1) is 8.76. The molecule has 0 aromatic rings. The summed E-state index contributed by atoms with van der Waals surface area (Å²) >= 11 is 0. The Bertz CT molecular complexity index is 326. The highest BCUT2D eigenvalue weighted by Crippen LogP contribution is 2.15. The van der Waals surface area contributed by atoms with E-state index in [1.807, 2.05) is 25.7 Å². The molecule has 1 aliphatic rings. The summed E-state index contributed by atoms with van der Waals surface area (Å²) in [5.74, 6) is 0.0429. The van der Waals surface area contributed by atoms with Crippen LogP contribution in [0.1, 0.15) is 33.6 Å². The number of likely N-dealkylation sites (tertiary alicyclic amines) is 1. The Morgan fingerprint density at radius 2 is 2.11 bits per heavy atom. The summed E-state index contributed by atoms with van der Waals surface area (Å²) in [6.07, 6.45) is 1.68. The average molecular weight is 271 g/mol. The number of nitrogens with zero attached hydrogens (tertiary/aromatic N) is 1. The predicted molar refractivity (Wildman–Crippen MR) is 72.6 cm³/mol. The molecule has 0 unspecified atom stereocenters. The molecule has 0 bridgehead atoms. The van der Waals surface area contributed by atoms with Gasteiger partial charge < -0.3 is 15.8 Å². The Kier molecular flexibility index (Phi) is 5.60. The van der Waals surface area contributed by atoms with Crippen molar-refractivity contribution in [2.45, 2.75) is 39.2 Å². The zero-order valence-corrected chi connectivity index (χ0v) is 12.1. The summed E-state index contributed by atoms with van der Waals surface area (Å²) in [6.45, 7) is 8.06. The van der Waals surface area contributed by atoms with Gasteiger partial charge in [0.15, 0.2) is 0 Å². The summed E-state index contributed by atoms with van der Waals surface area (Å²) in [7, 11) is 0. The third-order valence-corrected chi connectivity index (χ3v) is 2.92. The van der Waals surface area contributed by atoms with Crippen LogP contribution in [0, 0.1) is 5.92 Å². The highest BCUT2D eigenvalue weighted by atomic mass is 16.6. The molecule has 2 amide bonds. The second-order valence-corrected chi connectivity index (χ2v) is 6.09. The van der Waals surface area contributed by atoms with Crippen LogP contribution in [0.5, 0.6) is 0 Å². The number of carbonyl (C=O) groups excluding carboxylic acids is 2. The van der Waals surface area contributed by atoms with Crippen molar-refractivity contribution in [3.63, 3.8) is 0 Å². The van der Waals surface area contributed by atoms with Crippen LogP contribution in [0.4, 0.5) is 4.79 Å². The van der Waals surface area contributed by atoms with E-state index < -0.39 is 5.60 Å². The molecule has 1 atom stereocenters. The minimum Gasteiger partial charge on any atom is -0.444 e. The van der Waals surface area contributed by atoms with Crippen molar-refractivity contribution in [1.82, 2.24) is 10.2 Å². The molecule has 1 rings (SSSR count). The molecular formula is C13H25N3O3. The van der Waals surface area contributed by atoms with Crippen molar-refractivity contribution < 1.29 is 14.3 Å². The van der Waals surface area contributed by atoms with Gasteiger partial charge in [0.05, 0.1) is 6.54 Å². The molecule has 1 aliphatic heterocycles. The number of piperidine rings is 1. The van der Waals surface area contributed by atoms with Gasteiger partial charge in [-0.3, -0.25) is 9.69 Å². The topological polar surface area (TPSA) is 84.7 Å². The third kappa shape index (κ3) is 7.00. The third-order valence-electron chi connectivity index (χ3n) is 2.92. The first-order valence-corrected chi connectivity index (χ1v) is 6.74. The maximum absolute atomic E-state index is 11.5. The quantitative estimate of drug-likeness (QED) is 0.788. The van der Waals surface area contributed by atoms with E-state index >= 15 is 0 Å². The second kappa shape index (κ2) is 6.75. The Morgan fingerprint density at radius 3 is 2.68 bits per heavy atom. The van der Waals surface area contributed by atoms with Gasteiger partial charge in [-0.25, -0.2) is 4.79 Å². The Labute approximate surface area is 114 Å². The van der Waals surface area contributed by atoms with Gasteiger partial charge in [-0.05, 0) is 46.1 Å². The molecule has 6 nitrogen and oxygen atoms in total. The number of nitrogens with two attached hydrogens (primary N) is 1. The highest BCUT2D eigenvalue weighted by molar-refractivity contribution is 5.75. The largest absolute Gasteiger partial charge is 0.444 e. The van der Waals surface area contributed by atoms with Crippen LogP contribution >= 0.6 is 0 Å². The van der Waals surface area contributed by atoms with Crippen LogP contribution in [-0.4, -0.2) is 48.7 Å². The van der Waals surface area contributed by atoms with Crippen molar-refractivity contribution in [2.24, 2.45) is 11.7 Å². The van der Waals surface area contributed by atoms with Crippen molar-refractivity contribution >= 4 is 12.0 Å². The Morgan fingerprint density at radius 1 is 1.42 bits per heavy atom. The van der Waals surface area contributed by atoms with E-state index in [1.165, 1.54) is 0 Å². The number of carbonyl (C=O) groups is 2. The van der Waals surface area contributed by atoms with E-state index in [9.17, 15) is 9.59 Å². The highest BCUT2D eigenvalue weighted by Gasteiger charge is 2.22. The summed E-state index contributed by atoms with van der Waals surface area (Å²) in [5, 5.41) is 2.78. The first kappa shape index (κ1) is 15.8. The van der Waals surface area contributed by atoms with Crippen molar-refractivity contribution in [1.29, 1.82) is 0 Å². The zero-order valence-electron chi connectivity index (χ0n) is 12.1. The molecule has 1 heterocycles. The van der Waals surface area contributed by atoms with Gasteiger partial charge in [0.2, 0.25) is 5.91 Å². The van der Waals surface area contributed by atoms with Gasteiger partial charge in [0.1, 0.15) is 5.60 Å². The van der Waals surface area contributed by atoms with E-state index in [4.69, 9.17) is 10.5 Å². The number of hydrogen-bond acceptors (Lipinski definition) is 4. The fourth-order valence-corrected chi connectivity index (χ4v) is 2.22. The fourth-order valence-electron chi connectivity index (χ4n) is 2.22. The number of rotatable bonds is 4. The van der Waals surface area contributed by atoms with Gasteiger partial charge in [0.25, 0.3) is 0 Å². The van der Waals surface area contributed by atoms with Crippen LogP contribution in [0.3, 0.4) is 0 Å². The molecule has 0 aromatic carbocycles. The zero-order chi connectivity index (χ0) is 14.5. The lowest BCUT2D eigenvalue weighted by Crippen LogP contribution is -2.44. The van der Waals surface area contributed by atoms with E-state index in [0.717, 1.165) is 25.9 Å². The number of hydrogen-bond donors (Lipinski definition) is 2. The molecule has 0 radical (unpaired) electrons. The summed E-state index contributed by atoms with van der Waals surface area (Å²) in [5.41, 5.74) is 4.71. The Hall–Kier alpha value is -1.30. The van der Waals surface area contributed by atoms with E-state index in [0.29, 0.717) is 19.0 Å². The molecular weight excluding hydrogens is 246 g/mol. The van der Waals surface area contributed by atoms with Gasteiger partial charge in [0, 0.05) is 13.1 Å². The van der Waals surface area contributed by atoms with E-state index in [1.54, 1.807) is 0 Å². The predicted octanol–water partition coefficient (Wildman–Crippen LogP) is 0.708. The monoisotopic (exact) mass is 271 g/mol. The SMILES string of the molecule is CC(C)(C)OC(=O)NC[C@@H]1CCCN(CC(N)=O)C1. The van der Waals surface area contributed by atoms with Crippen LogP contribution in [0.2, 0.25) is 0 Å². The van der Waals surface area contributed by atoms with Crippen molar-refractivity contribution in [2.75, 3.05) is 26.2 Å². The average Bonchev–Trinajstić information content (AvgIpc) is 2.23. The summed E-state index contributed by atoms with van der Waals surface area (Å²) < 4.78 is 5.18. The molecule has 0 aromatic heterocycles. The number of alkyl carbamates (subject to hydrolysis) is 1. The smallest absolute Gasteiger partial charge is 0.407 e. The standard InChI is InChI=1S/C13H25N3O3/c1-13(2,3)19-12(18)15-7-10-5-4-6-16(8-10)9-11(14)17/h10H,4-9H2,1-3H3,(H2,14,17)(H,15,18)/t10-/m0/s1. The summed E-state index contributed by atoms with van der Waals surface area (Å²) in [4.78, 5) is 24.5. The summed E-state index contributed by atoms with van der Waals surface area (Å²) in [6, 6.07) is 0. The number of primary amides is 1.